The zero-order valence-corrected chi connectivity index (χ0v) is 19.9. The Morgan fingerprint density at radius 2 is 1.44 bits per heavy atom. The summed E-state index contributed by atoms with van der Waals surface area (Å²) < 4.78 is 5.76. The standard InChI is InChI=1S/C29H34N2O3/c1-2-20-30-29(33)27(22-24-13-6-3-7-14-24)31(23-25-15-8-4-9-16-25)28(32)19-12-21-34-26-17-10-5-11-18-26/h3-11,13-18,27H,2,12,19-23H2,1H3,(H,30,33)/t27-/m0/s1. The lowest BCUT2D eigenvalue weighted by atomic mass is 10.0. The molecule has 0 spiro atoms. The maximum atomic E-state index is 13.5. The first kappa shape index (κ1) is 25.0. The number of ether oxygens (including phenoxy) is 1. The molecule has 3 aromatic rings. The molecular formula is C29H34N2O3. The molecule has 0 radical (unpaired) electrons. The molecule has 0 heterocycles. The number of carbonyl (C=O) groups excluding carboxylic acids is 2. The smallest absolute Gasteiger partial charge is 0.243 e. The van der Waals surface area contributed by atoms with Crippen molar-refractivity contribution in [3.63, 3.8) is 0 Å². The number of hydrogen-bond donors (Lipinski definition) is 1. The maximum absolute atomic E-state index is 13.5. The Morgan fingerprint density at radius 1 is 0.853 bits per heavy atom. The first-order valence-electron chi connectivity index (χ1n) is 12.0. The number of benzene rings is 3. The van der Waals surface area contributed by atoms with E-state index in [2.05, 4.69) is 5.32 Å². The van der Waals surface area contributed by atoms with Gasteiger partial charge in [-0.2, -0.15) is 0 Å². The van der Waals surface area contributed by atoms with Gasteiger partial charge in [-0.3, -0.25) is 9.59 Å². The van der Waals surface area contributed by atoms with Crippen molar-refractivity contribution >= 4 is 11.8 Å². The van der Waals surface area contributed by atoms with Gasteiger partial charge in [-0.05, 0) is 36.1 Å². The molecular weight excluding hydrogens is 424 g/mol. The molecule has 0 aromatic heterocycles. The lowest BCUT2D eigenvalue weighted by molar-refractivity contribution is -0.141. The van der Waals surface area contributed by atoms with Gasteiger partial charge in [-0.15, -0.1) is 0 Å². The Morgan fingerprint density at radius 3 is 2.06 bits per heavy atom. The Hall–Kier alpha value is -3.60. The summed E-state index contributed by atoms with van der Waals surface area (Å²) in [5.41, 5.74) is 2.02. The quantitative estimate of drug-likeness (QED) is 0.366. The number of nitrogens with one attached hydrogen (secondary N) is 1. The van der Waals surface area contributed by atoms with Crippen molar-refractivity contribution in [2.75, 3.05) is 13.2 Å². The highest BCUT2D eigenvalue weighted by Crippen LogP contribution is 2.17. The van der Waals surface area contributed by atoms with E-state index in [4.69, 9.17) is 4.74 Å². The van der Waals surface area contributed by atoms with Gasteiger partial charge in [0.15, 0.2) is 0 Å². The van der Waals surface area contributed by atoms with Gasteiger partial charge in [0.05, 0.1) is 6.61 Å². The third-order valence-corrected chi connectivity index (χ3v) is 5.56. The van der Waals surface area contributed by atoms with E-state index in [1.807, 2.05) is 97.9 Å². The average molecular weight is 459 g/mol. The topological polar surface area (TPSA) is 58.6 Å². The van der Waals surface area contributed by atoms with Crippen LogP contribution in [-0.2, 0) is 22.6 Å². The van der Waals surface area contributed by atoms with Crippen LogP contribution in [0.5, 0.6) is 5.75 Å². The van der Waals surface area contributed by atoms with Gasteiger partial charge in [0.1, 0.15) is 11.8 Å². The number of rotatable bonds is 13. The van der Waals surface area contributed by atoms with Gasteiger partial charge in [-0.25, -0.2) is 0 Å². The highest BCUT2D eigenvalue weighted by Gasteiger charge is 2.29. The molecule has 0 unspecified atom stereocenters. The van der Waals surface area contributed by atoms with Crippen LogP contribution < -0.4 is 10.1 Å². The number of hydrogen-bond acceptors (Lipinski definition) is 3. The summed E-state index contributed by atoms with van der Waals surface area (Å²) >= 11 is 0. The normalized spacial score (nSPS) is 11.4. The van der Waals surface area contributed by atoms with Gasteiger partial charge in [0.25, 0.3) is 0 Å². The summed E-state index contributed by atoms with van der Waals surface area (Å²) in [5.74, 6) is 0.626. The molecule has 1 atom stereocenters. The lowest BCUT2D eigenvalue weighted by Gasteiger charge is -2.31. The molecule has 2 amide bonds. The predicted molar refractivity (Wildman–Crippen MR) is 135 cm³/mol. The monoisotopic (exact) mass is 458 g/mol. The van der Waals surface area contributed by atoms with Gasteiger partial charge >= 0.3 is 0 Å². The fourth-order valence-corrected chi connectivity index (χ4v) is 3.77. The minimum absolute atomic E-state index is 0.0481. The van der Waals surface area contributed by atoms with Crippen LogP contribution >= 0.6 is 0 Å². The number of para-hydroxylation sites is 1. The molecule has 0 saturated heterocycles. The average Bonchev–Trinajstić information content (AvgIpc) is 2.89. The van der Waals surface area contributed by atoms with Gasteiger partial charge in [0, 0.05) is 25.9 Å². The van der Waals surface area contributed by atoms with Crippen LogP contribution in [0.2, 0.25) is 0 Å². The van der Waals surface area contributed by atoms with Crippen LogP contribution in [0.25, 0.3) is 0 Å². The molecule has 0 fully saturated rings. The predicted octanol–water partition coefficient (Wildman–Crippen LogP) is 5.01. The molecule has 0 bridgehead atoms. The zero-order valence-electron chi connectivity index (χ0n) is 19.9. The second-order valence-electron chi connectivity index (χ2n) is 8.27. The fraction of sp³-hybridized carbons (Fsp3) is 0.310. The number of amides is 2. The fourth-order valence-electron chi connectivity index (χ4n) is 3.77. The molecule has 0 saturated carbocycles. The minimum atomic E-state index is -0.586. The van der Waals surface area contributed by atoms with Crippen LogP contribution in [0.4, 0.5) is 0 Å². The van der Waals surface area contributed by atoms with Crippen molar-refractivity contribution in [3.05, 3.63) is 102 Å². The first-order chi connectivity index (χ1) is 16.7. The molecule has 3 rings (SSSR count). The summed E-state index contributed by atoms with van der Waals surface area (Å²) in [5, 5.41) is 3.01. The SMILES string of the molecule is CCCNC(=O)[C@H](Cc1ccccc1)N(Cc1ccccc1)C(=O)CCCOc1ccccc1. The Labute approximate surface area is 202 Å². The molecule has 3 aromatic carbocycles. The van der Waals surface area contributed by atoms with E-state index in [9.17, 15) is 9.59 Å². The Bertz CT molecular complexity index is 994. The van der Waals surface area contributed by atoms with Crippen molar-refractivity contribution in [1.29, 1.82) is 0 Å². The van der Waals surface area contributed by atoms with Crippen LogP contribution in [0.3, 0.4) is 0 Å². The van der Waals surface area contributed by atoms with Crippen LogP contribution in [0.1, 0.15) is 37.3 Å². The highest BCUT2D eigenvalue weighted by atomic mass is 16.5. The van der Waals surface area contributed by atoms with Crippen LogP contribution in [-0.4, -0.2) is 35.9 Å². The van der Waals surface area contributed by atoms with E-state index in [-0.39, 0.29) is 11.8 Å². The van der Waals surface area contributed by atoms with Gasteiger partial charge in [0.2, 0.25) is 11.8 Å². The minimum Gasteiger partial charge on any atom is -0.494 e. The van der Waals surface area contributed by atoms with E-state index in [1.165, 1.54) is 0 Å². The molecule has 1 N–H and O–H groups in total. The number of carbonyl (C=O) groups is 2. The summed E-state index contributed by atoms with van der Waals surface area (Å²) in [4.78, 5) is 28.4. The van der Waals surface area contributed by atoms with E-state index in [1.54, 1.807) is 4.90 Å². The molecule has 34 heavy (non-hydrogen) atoms. The van der Waals surface area contributed by atoms with Crippen LogP contribution in [0, 0.1) is 0 Å². The van der Waals surface area contributed by atoms with Crippen molar-refractivity contribution in [2.24, 2.45) is 0 Å². The Kier molecular flexibility index (Phi) is 10.2. The lowest BCUT2D eigenvalue weighted by Crippen LogP contribution is -2.50. The number of nitrogens with zero attached hydrogens (tertiary/aromatic N) is 1. The van der Waals surface area contributed by atoms with Crippen molar-refractivity contribution in [1.82, 2.24) is 10.2 Å². The second kappa shape index (κ2) is 13.8. The third-order valence-electron chi connectivity index (χ3n) is 5.56. The highest BCUT2D eigenvalue weighted by molar-refractivity contribution is 5.88. The molecule has 5 heteroatoms. The Balaban J connectivity index is 1.75. The van der Waals surface area contributed by atoms with Crippen LogP contribution in [0.15, 0.2) is 91.0 Å². The summed E-state index contributed by atoms with van der Waals surface area (Å²) in [6, 6.07) is 28.7. The van der Waals surface area contributed by atoms with Crippen molar-refractivity contribution < 1.29 is 14.3 Å². The molecule has 178 valence electrons. The van der Waals surface area contributed by atoms with Gasteiger partial charge < -0.3 is 15.0 Å². The van der Waals surface area contributed by atoms with E-state index in [0.717, 1.165) is 23.3 Å². The summed E-state index contributed by atoms with van der Waals surface area (Å²) in [7, 11) is 0. The maximum Gasteiger partial charge on any atom is 0.243 e. The summed E-state index contributed by atoms with van der Waals surface area (Å²) in [6.45, 7) is 3.44. The summed E-state index contributed by atoms with van der Waals surface area (Å²) in [6.07, 6.45) is 2.20. The molecule has 5 nitrogen and oxygen atoms in total. The molecule has 0 aliphatic rings. The largest absolute Gasteiger partial charge is 0.494 e. The molecule has 0 aliphatic carbocycles. The van der Waals surface area contributed by atoms with Crippen molar-refractivity contribution in [2.45, 2.75) is 45.2 Å². The molecule has 0 aliphatic heterocycles. The zero-order chi connectivity index (χ0) is 24.0. The first-order valence-corrected chi connectivity index (χ1v) is 12.0. The van der Waals surface area contributed by atoms with Gasteiger partial charge in [-0.1, -0.05) is 85.8 Å². The third kappa shape index (κ3) is 8.07. The second-order valence-corrected chi connectivity index (χ2v) is 8.27. The van der Waals surface area contributed by atoms with Crippen molar-refractivity contribution in [3.8, 4) is 5.75 Å². The van der Waals surface area contributed by atoms with E-state index in [0.29, 0.717) is 39.0 Å². The van der Waals surface area contributed by atoms with E-state index < -0.39 is 6.04 Å². The van der Waals surface area contributed by atoms with E-state index >= 15 is 0 Å².